The summed E-state index contributed by atoms with van der Waals surface area (Å²) in [6.45, 7) is 1.78. The third-order valence-electron chi connectivity index (χ3n) is 2.62. The third kappa shape index (κ3) is 4.40. The number of amides is 2. The number of hydroxylamine groups is 2. The number of hydrogen-bond acceptors (Lipinski definition) is 4. The van der Waals surface area contributed by atoms with Gasteiger partial charge in [0.05, 0.1) is 24.7 Å². The van der Waals surface area contributed by atoms with E-state index in [9.17, 15) is 4.79 Å². The van der Waals surface area contributed by atoms with Gasteiger partial charge in [0, 0.05) is 6.20 Å². The van der Waals surface area contributed by atoms with Crippen LogP contribution in [0.25, 0.3) is 0 Å². The zero-order valence-corrected chi connectivity index (χ0v) is 12.3. The molecule has 0 aromatic carbocycles. The SMILES string of the molecule is O=C(NCCOc1ncc(Cl)cc1Cl)N1CCCCO1. The van der Waals surface area contributed by atoms with Gasteiger partial charge < -0.3 is 10.1 Å². The highest BCUT2D eigenvalue weighted by Crippen LogP contribution is 2.24. The van der Waals surface area contributed by atoms with Crippen molar-refractivity contribution in [2.45, 2.75) is 12.8 Å². The topological polar surface area (TPSA) is 63.7 Å². The van der Waals surface area contributed by atoms with Gasteiger partial charge in [-0.1, -0.05) is 23.2 Å². The molecule has 1 aromatic rings. The lowest BCUT2D eigenvalue weighted by Crippen LogP contribution is -2.43. The average molecular weight is 320 g/mol. The van der Waals surface area contributed by atoms with Gasteiger partial charge in [0.25, 0.3) is 0 Å². The van der Waals surface area contributed by atoms with Crippen LogP contribution in [-0.2, 0) is 4.84 Å². The van der Waals surface area contributed by atoms with E-state index in [1.165, 1.54) is 11.3 Å². The number of hydrogen-bond donors (Lipinski definition) is 1. The maximum Gasteiger partial charge on any atom is 0.341 e. The fourth-order valence-electron chi connectivity index (χ4n) is 1.66. The predicted molar refractivity (Wildman–Crippen MR) is 75.0 cm³/mol. The summed E-state index contributed by atoms with van der Waals surface area (Å²) in [5.74, 6) is 0.291. The Morgan fingerprint density at radius 1 is 1.50 bits per heavy atom. The average Bonchev–Trinajstić information content (AvgIpc) is 2.46. The van der Waals surface area contributed by atoms with E-state index >= 15 is 0 Å². The Balaban J connectivity index is 1.69. The number of carbonyl (C=O) groups excluding carboxylic acids is 1. The van der Waals surface area contributed by atoms with Crippen molar-refractivity contribution in [3.05, 3.63) is 22.3 Å². The summed E-state index contributed by atoms with van der Waals surface area (Å²) in [7, 11) is 0. The van der Waals surface area contributed by atoms with Crippen molar-refractivity contribution in [3.63, 3.8) is 0 Å². The van der Waals surface area contributed by atoms with Gasteiger partial charge in [0.1, 0.15) is 11.6 Å². The van der Waals surface area contributed by atoms with E-state index in [0.29, 0.717) is 35.6 Å². The molecule has 0 aliphatic carbocycles. The van der Waals surface area contributed by atoms with E-state index in [1.54, 1.807) is 6.07 Å². The fraction of sp³-hybridized carbons (Fsp3) is 0.500. The van der Waals surface area contributed by atoms with Crippen molar-refractivity contribution in [3.8, 4) is 5.88 Å². The van der Waals surface area contributed by atoms with Crippen LogP contribution in [0.4, 0.5) is 4.79 Å². The zero-order chi connectivity index (χ0) is 14.4. The molecule has 1 saturated heterocycles. The molecule has 1 aliphatic rings. The summed E-state index contributed by atoms with van der Waals surface area (Å²) in [6, 6.07) is 1.29. The standard InChI is InChI=1S/C12H15Cl2N3O3/c13-9-7-10(14)11(16-8-9)19-6-3-15-12(18)17-4-1-2-5-20-17/h7-8H,1-6H2,(H,15,18). The summed E-state index contributed by atoms with van der Waals surface area (Å²) >= 11 is 11.6. The van der Waals surface area contributed by atoms with Crippen molar-refractivity contribution in [1.29, 1.82) is 0 Å². The van der Waals surface area contributed by atoms with Gasteiger partial charge in [-0.2, -0.15) is 0 Å². The molecule has 2 rings (SSSR count). The molecule has 0 atom stereocenters. The largest absolute Gasteiger partial charge is 0.475 e. The van der Waals surface area contributed by atoms with Crippen LogP contribution in [-0.4, -0.2) is 42.4 Å². The molecule has 0 spiro atoms. The minimum atomic E-state index is -0.261. The van der Waals surface area contributed by atoms with Crippen molar-refractivity contribution in [2.75, 3.05) is 26.3 Å². The molecule has 0 saturated carbocycles. The number of ether oxygens (including phenoxy) is 1. The van der Waals surface area contributed by atoms with E-state index in [2.05, 4.69) is 10.3 Å². The summed E-state index contributed by atoms with van der Waals surface area (Å²) in [5, 5.41) is 4.80. The van der Waals surface area contributed by atoms with Crippen molar-refractivity contribution < 1.29 is 14.4 Å². The monoisotopic (exact) mass is 319 g/mol. The number of pyridine rings is 1. The minimum Gasteiger partial charge on any atom is -0.475 e. The Bertz CT molecular complexity index is 467. The Labute approximate surface area is 126 Å². The van der Waals surface area contributed by atoms with Gasteiger partial charge in [-0.25, -0.2) is 14.8 Å². The summed E-state index contributed by atoms with van der Waals surface area (Å²) < 4.78 is 5.35. The van der Waals surface area contributed by atoms with E-state index < -0.39 is 0 Å². The molecule has 6 nitrogen and oxygen atoms in total. The van der Waals surface area contributed by atoms with Crippen molar-refractivity contribution in [1.82, 2.24) is 15.4 Å². The normalized spacial score (nSPS) is 15.0. The first-order valence-electron chi connectivity index (χ1n) is 6.29. The first-order chi connectivity index (χ1) is 9.66. The van der Waals surface area contributed by atoms with Crippen LogP contribution < -0.4 is 10.1 Å². The first kappa shape index (κ1) is 15.2. The lowest BCUT2D eigenvalue weighted by atomic mass is 10.3. The first-order valence-corrected chi connectivity index (χ1v) is 7.04. The summed E-state index contributed by atoms with van der Waals surface area (Å²) in [4.78, 5) is 20.9. The molecule has 1 aliphatic heterocycles. The Hall–Kier alpha value is -1.24. The number of rotatable bonds is 4. The molecule has 2 amide bonds. The fourth-order valence-corrected chi connectivity index (χ4v) is 2.09. The second kappa shape index (κ2) is 7.52. The minimum absolute atomic E-state index is 0.258. The molecule has 0 bridgehead atoms. The highest BCUT2D eigenvalue weighted by atomic mass is 35.5. The van der Waals surface area contributed by atoms with Crippen molar-refractivity contribution >= 4 is 29.2 Å². The molecular formula is C12H15Cl2N3O3. The van der Waals surface area contributed by atoms with Crippen LogP contribution in [0.2, 0.25) is 10.0 Å². The number of aromatic nitrogens is 1. The van der Waals surface area contributed by atoms with E-state index in [-0.39, 0.29) is 12.6 Å². The van der Waals surface area contributed by atoms with Gasteiger partial charge in [0.2, 0.25) is 5.88 Å². The molecular weight excluding hydrogens is 305 g/mol. The second-order valence-electron chi connectivity index (χ2n) is 4.16. The van der Waals surface area contributed by atoms with Crippen LogP contribution in [0.5, 0.6) is 5.88 Å². The van der Waals surface area contributed by atoms with Crippen LogP contribution >= 0.6 is 23.2 Å². The predicted octanol–water partition coefficient (Wildman–Crippen LogP) is 2.50. The number of halogens is 2. The van der Waals surface area contributed by atoms with Crippen LogP contribution in [0.1, 0.15) is 12.8 Å². The third-order valence-corrected chi connectivity index (χ3v) is 3.10. The van der Waals surface area contributed by atoms with Crippen molar-refractivity contribution in [2.24, 2.45) is 0 Å². The molecule has 1 N–H and O–H groups in total. The smallest absolute Gasteiger partial charge is 0.341 e. The number of urea groups is 1. The maximum atomic E-state index is 11.7. The molecule has 2 heterocycles. The quantitative estimate of drug-likeness (QED) is 0.866. The zero-order valence-electron chi connectivity index (χ0n) is 10.8. The molecule has 0 unspecified atom stereocenters. The molecule has 1 aromatic heterocycles. The van der Waals surface area contributed by atoms with Gasteiger partial charge in [-0.3, -0.25) is 4.84 Å². The number of nitrogens with zero attached hydrogens (tertiary/aromatic N) is 2. The lowest BCUT2D eigenvalue weighted by Gasteiger charge is -2.25. The number of carbonyl (C=O) groups is 1. The molecule has 0 radical (unpaired) electrons. The van der Waals surface area contributed by atoms with Crippen LogP contribution in [0.3, 0.4) is 0 Å². The Morgan fingerprint density at radius 2 is 2.35 bits per heavy atom. The molecule has 1 fully saturated rings. The Kier molecular flexibility index (Phi) is 5.70. The second-order valence-corrected chi connectivity index (χ2v) is 5.01. The molecule has 8 heteroatoms. The molecule has 20 heavy (non-hydrogen) atoms. The highest BCUT2D eigenvalue weighted by Gasteiger charge is 2.16. The van der Waals surface area contributed by atoms with E-state index in [4.69, 9.17) is 32.8 Å². The maximum absolute atomic E-state index is 11.7. The van der Waals surface area contributed by atoms with Crippen LogP contribution in [0.15, 0.2) is 12.3 Å². The van der Waals surface area contributed by atoms with Gasteiger partial charge in [-0.05, 0) is 18.9 Å². The van der Waals surface area contributed by atoms with Gasteiger partial charge in [0.15, 0.2) is 0 Å². The lowest BCUT2D eigenvalue weighted by molar-refractivity contribution is -0.139. The van der Waals surface area contributed by atoms with Crippen LogP contribution in [0, 0.1) is 0 Å². The van der Waals surface area contributed by atoms with E-state index in [0.717, 1.165) is 12.8 Å². The summed E-state index contributed by atoms with van der Waals surface area (Å²) in [6.07, 6.45) is 3.38. The highest BCUT2D eigenvalue weighted by molar-refractivity contribution is 6.35. The van der Waals surface area contributed by atoms with Gasteiger partial charge >= 0.3 is 6.03 Å². The number of nitrogens with one attached hydrogen (secondary N) is 1. The van der Waals surface area contributed by atoms with Gasteiger partial charge in [-0.15, -0.1) is 0 Å². The van der Waals surface area contributed by atoms with E-state index in [1.807, 2.05) is 0 Å². The summed E-state index contributed by atoms with van der Waals surface area (Å²) in [5.41, 5.74) is 0. The molecule has 110 valence electrons. The Morgan fingerprint density at radius 3 is 3.05 bits per heavy atom.